The van der Waals surface area contributed by atoms with E-state index in [-0.39, 0.29) is 0 Å². The first-order valence-electron chi connectivity index (χ1n) is 5.64. The van der Waals surface area contributed by atoms with Gasteiger partial charge in [-0.2, -0.15) is 0 Å². The van der Waals surface area contributed by atoms with Crippen LogP contribution in [0.4, 0.5) is 5.69 Å². The van der Waals surface area contributed by atoms with Crippen LogP contribution in [0.1, 0.15) is 11.1 Å². The molecule has 3 nitrogen and oxygen atoms in total. The number of hydrogen-bond donors (Lipinski definition) is 2. The minimum absolute atomic E-state index is 0.340. The molecule has 2 aromatic rings. The van der Waals surface area contributed by atoms with Gasteiger partial charge in [0.05, 0.1) is 10.7 Å². The highest BCUT2D eigenvalue weighted by atomic mass is 35.5. The molecule has 5 heteroatoms. The van der Waals surface area contributed by atoms with Gasteiger partial charge in [0, 0.05) is 16.1 Å². The standard InChI is InChI=1S/C14H9Cl2N3/c15-8-5-6-11(16)12(7-8)18-14-10-4-2-1-3-9(10)13(17)19-14/h1-7H,(H2,17,18,19). The molecular weight excluding hydrogens is 281 g/mol. The fraction of sp³-hybridized carbons (Fsp3) is 0. The van der Waals surface area contributed by atoms with Gasteiger partial charge in [-0.3, -0.25) is 5.41 Å². The Morgan fingerprint density at radius 2 is 1.74 bits per heavy atom. The molecule has 3 rings (SSSR count). The van der Waals surface area contributed by atoms with Gasteiger partial charge >= 0.3 is 0 Å². The van der Waals surface area contributed by atoms with Gasteiger partial charge in [-0.25, -0.2) is 4.99 Å². The van der Waals surface area contributed by atoms with E-state index in [9.17, 15) is 0 Å². The highest BCUT2D eigenvalue weighted by Gasteiger charge is 2.21. The van der Waals surface area contributed by atoms with Crippen molar-refractivity contribution in [3.63, 3.8) is 0 Å². The molecule has 0 saturated heterocycles. The molecule has 2 N–H and O–H groups in total. The van der Waals surface area contributed by atoms with E-state index >= 15 is 0 Å². The van der Waals surface area contributed by atoms with Crippen molar-refractivity contribution in [2.45, 2.75) is 0 Å². The third kappa shape index (κ3) is 2.23. The minimum atomic E-state index is 0.340. The monoisotopic (exact) mass is 289 g/mol. The summed E-state index contributed by atoms with van der Waals surface area (Å²) in [4.78, 5) is 4.46. The molecule has 19 heavy (non-hydrogen) atoms. The molecule has 0 amide bonds. The van der Waals surface area contributed by atoms with Gasteiger partial charge in [0.1, 0.15) is 11.7 Å². The number of hydrogen-bond acceptors (Lipinski definition) is 2. The highest BCUT2D eigenvalue weighted by Crippen LogP contribution is 2.29. The number of benzene rings is 2. The summed E-state index contributed by atoms with van der Waals surface area (Å²) in [5, 5.41) is 11.9. The molecule has 1 aliphatic heterocycles. The molecule has 2 aromatic carbocycles. The van der Waals surface area contributed by atoms with Crippen molar-refractivity contribution < 1.29 is 0 Å². The topological polar surface area (TPSA) is 48.2 Å². The van der Waals surface area contributed by atoms with E-state index in [0.717, 1.165) is 11.1 Å². The second kappa shape index (κ2) is 4.68. The summed E-state index contributed by atoms with van der Waals surface area (Å²) >= 11 is 12.0. The first kappa shape index (κ1) is 12.2. The SMILES string of the molecule is N=C1NC(=Nc2cc(Cl)ccc2Cl)c2ccccc21. The number of aliphatic imine (C=N–C) groups is 1. The molecule has 0 spiro atoms. The maximum absolute atomic E-state index is 7.87. The maximum atomic E-state index is 7.87. The molecule has 0 saturated carbocycles. The minimum Gasteiger partial charge on any atom is -0.324 e. The second-order valence-electron chi connectivity index (χ2n) is 4.10. The molecule has 1 aliphatic rings. The molecule has 0 fully saturated rings. The number of amidine groups is 2. The van der Waals surface area contributed by atoms with Crippen LogP contribution in [0.2, 0.25) is 10.0 Å². The van der Waals surface area contributed by atoms with Crippen LogP contribution in [-0.4, -0.2) is 11.7 Å². The molecule has 0 atom stereocenters. The third-order valence-corrected chi connectivity index (χ3v) is 3.39. The first-order chi connectivity index (χ1) is 9.15. The lowest BCUT2D eigenvalue weighted by atomic mass is 10.1. The summed E-state index contributed by atoms with van der Waals surface area (Å²) in [7, 11) is 0. The predicted molar refractivity (Wildman–Crippen MR) is 79.1 cm³/mol. The Kier molecular flexibility index (Phi) is 3.01. The quantitative estimate of drug-likeness (QED) is 0.819. The molecule has 94 valence electrons. The molecule has 0 radical (unpaired) electrons. The average molecular weight is 290 g/mol. The van der Waals surface area contributed by atoms with Crippen LogP contribution < -0.4 is 5.32 Å². The highest BCUT2D eigenvalue weighted by molar-refractivity contribution is 6.35. The molecular formula is C14H9Cl2N3. The molecule has 0 aromatic heterocycles. The number of nitrogens with one attached hydrogen (secondary N) is 2. The lowest BCUT2D eigenvalue weighted by Gasteiger charge is -2.02. The smallest absolute Gasteiger partial charge is 0.140 e. The van der Waals surface area contributed by atoms with Crippen molar-refractivity contribution in [2.24, 2.45) is 4.99 Å². The van der Waals surface area contributed by atoms with Gasteiger partial charge in [0.25, 0.3) is 0 Å². The van der Waals surface area contributed by atoms with Gasteiger partial charge in [-0.1, -0.05) is 47.5 Å². The van der Waals surface area contributed by atoms with Crippen LogP contribution in [0.5, 0.6) is 0 Å². The van der Waals surface area contributed by atoms with Crippen LogP contribution in [0, 0.1) is 5.41 Å². The molecule has 0 aliphatic carbocycles. The number of rotatable bonds is 1. The Balaban J connectivity index is 2.11. The van der Waals surface area contributed by atoms with E-state index in [0.29, 0.717) is 27.4 Å². The van der Waals surface area contributed by atoms with Crippen molar-refractivity contribution in [1.82, 2.24) is 5.32 Å². The number of fused-ring (bicyclic) bond motifs is 1. The Morgan fingerprint density at radius 3 is 2.53 bits per heavy atom. The lowest BCUT2D eigenvalue weighted by molar-refractivity contribution is 1.31. The van der Waals surface area contributed by atoms with E-state index in [1.807, 2.05) is 24.3 Å². The van der Waals surface area contributed by atoms with Crippen LogP contribution in [-0.2, 0) is 0 Å². The maximum Gasteiger partial charge on any atom is 0.140 e. The summed E-state index contributed by atoms with van der Waals surface area (Å²) in [6, 6.07) is 12.7. The first-order valence-corrected chi connectivity index (χ1v) is 6.40. The van der Waals surface area contributed by atoms with Crippen LogP contribution in [0.15, 0.2) is 47.5 Å². The molecule has 0 bridgehead atoms. The predicted octanol–water partition coefficient (Wildman–Crippen LogP) is 4.00. The van der Waals surface area contributed by atoms with Gasteiger partial charge < -0.3 is 5.32 Å². The summed E-state index contributed by atoms with van der Waals surface area (Å²) in [6.07, 6.45) is 0. The normalized spacial score (nSPS) is 15.5. The average Bonchev–Trinajstić information content (AvgIpc) is 2.72. The molecule has 0 unspecified atom stereocenters. The summed E-state index contributed by atoms with van der Waals surface area (Å²) < 4.78 is 0. The summed E-state index contributed by atoms with van der Waals surface area (Å²) in [5.74, 6) is 0.956. The van der Waals surface area contributed by atoms with Gasteiger partial charge in [0.15, 0.2) is 0 Å². The Hall–Kier alpha value is -1.84. The largest absolute Gasteiger partial charge is 0.324 e. The number of nitrogens with zero attached hydrogens (tertiary/aromatic N) is 1. The van der Waals surface area contributed by atoms with E-state index in [4.69, 9.17) is 28.6 Å². The van der Waals surface area contributed by atoms with Crippen molar-refractivity contribution in [3.05, 3.63) is 63.6 Å². The summed E-state index contributed by atoms with van der Waals surface area (Å²) in [5.41, 5.74) is 2.31. The zero-order chi connectivity index (χ0) is 13.4. The van der Waals surface area contributed by atoms with Gasteiger partial charge in [0.2, 0.25) is 0 Å². The Morgan fingerprint density at radius 1 is 1.00 bits per heavy atom. The lowest BCUT2D eigenvalue weighted by Crippen LogP contribution is -2.21. The zero-order valence-electron chi connectivity index (χ0n) is 9.74. The number of halogens is 2. The Bertz CT molecular complexity index is 708. The zero-order valence-corrected chi connectivity index (χ0v) is 11.3. The van der Waals surface area contributed by atoms with Gasteiger partial charge in [-0.05, 0) is 18.2 Å². The van der Waals surface area contributed by atoms with E-state index < -0.39 is 0 Å². The molecule has 1 heterocycles. The fourth-order valence-corrected chi connectivity index (χ4v) is 2.27. The van der Waals surface area contributed by atoms with Crippen molar-refractivity contribution in [3.8, 4) is 0 Å². The van der Waals surface area contributed by atoms with Crippen molar-refractivity contribution in [1.29, 1.82) is 5.41 Å². The van der Waals surface area contributed by atoms with E-state index in [2.05, 4.69) is 10.3 Å². The van der Waals surface area contributed by atoms with Gasteiger partial charge in [-0.15, -0.1) is 0 Å². The van der Waals surface area contributed by atoms with E-state index in [1.165, 1.54) is 0 Å². The Labute approximate surface area is 120 Å². The second-order valence-corrected chi connectivity index (χ2v) is 4.95. The fourth-order valence-electron chi connectivity index (χ4n) is 1.94. The van der Waals surface area contributed by atoms with E-state index in [1.54, 1.807) is 18.2 Å². The third-order valence-electron chi connectivity index (χ3n) is 2.84. The van der Waals surface area contributed by atoms with Crippen LogP contribution >= 0.6 is 23.2 Å². The summed E-state index contributed by atoms with van der Waals surface area (Å²) in [6.45, 7) is 0. The van der Waals surface area contributed by atoms with Crippen LogP contribution in [0.3, 0.4) is 0 Å². The van der Waals surface area contributed by atoms with Crippen molar-refractivity contribution >= 4 is 40.6 Å². The van der Waals surface area contributed by atoms with Crippen molar-refractivity contribution in [2.75, 3.05) is 0 Å². The van der Waals surface area contributed by atoms with Crippen LogP contribution in [0.25, 0.3) is 0 Å².